The molecule has 0 bridgehead atoms. The highest BCUT2D eigenvalue weighted by atomic mass is 16.1. The molecule has 0 spiro atoms. The quantitative estimate of drug-likeness (QED) is 0.857. The minimum Gasteiger partial charge on any atom is -0.304 e. The van der Waals surface area contributed by atoms with E-state index < -0.39 is 0 Å². The van der Waals surface area contributed by atoms with Gasteiger partial charge in [-0.2, -0.15) is 0 Å². The lowest BCUT2D eigenvalue weighted by Crippen LogP contribution is -2.19. The van der Waals surface area contributed by atoms with Crippen LogP contribution in [0.4, 0.5) is 0 Å². The van der Waals surface area contributed by atoms with Gasteiger partial charge >= 0.3 is 5.69 Å². The first-order chi connectivity index (χ1) is 10.5. The van der Waals surface area contributed by atoms with E-state index in [1.54, 1.807) is 10.8 Å². The van der Waals surface area contributed by atoms with Crippen LogP contribution in [-0.4, -0.2) is 15.8 Å². The number of benzene rings is 1. The summed E-state index contributed by atoms with van der Waals surface area (Å²) in [5, 5.41) is 0. The van der Waals surface area contributed by atoms with Gasteiger partial charge in [-0.1, -0.05) is 44.7 Å². The zero-order valence-electron chi connectivity index (χ0n) is 14.1. The highest BCUT2D eigenvalue weighted by Gasteiger charge is 2.09. The molecule has 22 heavy (non-hydrogen) atoms. The molecule has 0 aliphatic rings. The van der Waals surface area contributed by atoms with Gasteiger partial charge in [0, 0.05) is 11.4 Å². The number of aromatic nitrogens is 2. The monoisotopic (exact) mass is 299 g/mol. The number of aliphatic imine (C=N–C) groups is 1. The van der Waals surface area contributed by atoms with E-state index >= 15 is 0 Å². The molecule has 4 nitrogen and oxygen atoms in total. The highest BCUT2D eigenvalue weighted by molar-refractivity contribution is 5.79. The predicted molar refractivity (Wildman–Crippen MR) is 93.8 cm³/mol. The number of nitrogens with one attached hydrogen (secondary N) is 1. The Morgan fingerprint density at radius 2 is 1.95 bits per heavy atom. The summed E-state index contributed by atoms with van der Waals surface area (Å²) in [5.74, 6) is 0. The molecule has 2 aromatic rings. The van der Waals surface area contributed by atoms with Crippen molar-refractivity contribution in [2.45, 2.75) is 41.2 Å². The van der Waals surface area contributed by atoms with Crippen LogP contribution in [0, 0.1) is 13.8 Å². The molecule has 2 rings (SSSR count). The molecule has 1 N–H and O–H groups in total. The first-order valence-corrected chi connectivity index (χ1v) is 7.52. The van der Waals surface area contributed by atoms with Crippen LogP contribution >= 0.6 is 0 Å². The van der Waals surface area contributed by atoms with Gasteiger partial charge in [-0.15, -0.1) is 0 Å². The molecular formula is C18H25N3O. The lowest BCUT2D eigenvalue weighted by atomic mass is 10.1. The van der Waals surface area contributed by atoms with Crippen LogP contribution in [0.15, 0.2) is 46.3 Å². The average Bonchev–Trinajstić information content (AvgIpc) is 2.77. The Morgan fingerprint density at radius 3 is 2.55 bits per heavy atom. The Kier molecular flexibility index (Phi) is 6.57. The average molecular weight is 299 g/mol. The van der Waals surface area contributed by atoms with Crippen molar-refractivity contribution < 1.29 is 0 Å². The number of nitrogens with zero attached hydrogens (tertiary/aromatic N) is 2. The third kappa shape index (κ3) is 4.32. The van der Waals surface area contributed by atoms with E-state index in [0.29, 0.717) is 12.2 Å². The van der Waals surface area contributed by atoms with E-state index in [0.717, 1.165) is 17.0 Å². The standard InChI is InChI=1S/C16H19N3O.C2H6/c1-11(2)17-9-15-13(4)19(16(20)18-15)10-14-8-6-5-7-12(14)3;1-2/h5-9H,1,10H2,2-4H3,(H,18,20);1-2H3. The normalized spacial score (nSPS) is 10.4. The van der Waals surface area contributed by atoms with Crippen LogP contribution in [0.3, 0.4) is 0 Å². The summed E-state index contributed by atoms with van der Waals surface area (Å²) in [6, 6.07) is 8.07. The second-order valence-electron chi connectivity index (χ2n) is 4.94. The molecule has 118 valence electrons. The van der Waals surface area contributed by atoms with Crippen LogP contribution in [0.25, 0.3) is 0 Å². The molecule has 0 saturated carbocycles. The summed E-state index contributed by atoms with van der Waals surface area (Å²) in [4.78, 5) is 19.0. The third-order valence-electron chi connectivity index (χ3n) is 3.29. The molecule has 0 radical (unpaired) electrons. The number of allylic oxidation sites excluding steroid dienone is 1. The van der Waals surface area contributed by atoms with Crippen molar-refractivity contribution in [3.63, 3.8) is 0 Å². The minimum absolute atomic E-state index is 0.117. The van der Waals surface area contributed by atoms with E-state index in [9.17, 15) is 4.79 Å². The Hall–Kier alpha value is -2.36. The van der Waals surface area contributed by atoms with Crippen molar-refractivity contribution in [3.8, 4) is 0 Å². The van der Waals surface area contributed by atoms with E-state index in [2.05, 4.69) is 16.6 Å². The largest absolute Gasteiger partial charge is 0.326 e. The highest BCUT2D eigenvalue weighted by Crippen LogP contribution is 2.10. The molecule has 4 heteroatoms. The number of rotatable bonds is 4. The molecule has 0 atom stereocenters. The van der Waals surface area contributed by atoms with E-state index in [1.807, 2.05) is 58.9 Å². The molecule has 0 fully saturated rings. The first kappa shape index (κ1) is 17.7. The predicted octanol–water partition coefficient (Wildman–Crippen LogP) is 3.82. The van der Waals surface area contributed by atoms with Gasteiger partial charge in [0.15, 0.2) is 0 Å². The topological polar surface area (TPSA) is 50.1 Å². The Balaban J connectivity index is 0.00000116. The zero-order chi connectivity index (χ0) is 16.7. The summed E-state index contributed by atoms with van der Waals surface area (Å²) >= 11 is 0. The number of hydrogen-bond acceptors (Lipinski definition) is 2. The summed E-state index contributed by atoms with van der Waals surface area (Å²) in [7, 11) is 0. The maximum absolute atomic E-state index is 12.0. The SMILES string of the molecule is C=C(C)N=Cc1[nH]c(=O)n(Cc2ccccc2C)c1C.CC. The number of aryl methyl sites for hydroxylation is 1. The van der Waals surface area contributed by atoms with E-state index in [1.165, 1.54) is 5.56 Å². The van der Waals surface area contributed by atoms with Gasteiger partial charge in [0.1, 0.15) is 0 Å². The molecular weight excluding hydrogens is 274 g/mol. The van der Waals surface area contributed by atoms with Crippen molar-refractivity contribution in [1.82, 2.24) is 9.55 Å². The molecule has 0 saturated heterocycles. The fraction of sp³-hybridized carbons (Fsp3) is 0.333. The van der Waals surface area contributed by atoms with Crippen molar-refractivity contribution in [1.29, 1.82) is 0 Å². The lowest BCUT2D eigenvalue weighted by molar-refractivity contribution is 0.734. The maximum atomic E-state index is 12.0. The number of imidazole rings is 1. The summed E-state index contributed by atoms with van der Waals surface area (Å²) in [6.07, 6.45) is 1.65. The summed E-state index contributed by atoms with van der Waals surface area (Å²) in [5.41, 5.74) is 4.51. The van der Waals surface area contributed by atoms with Crippen LogP contribution in [-0.2, 0) is 6.54 Å². The molecule has 0 unspecified atom stereocenters. The smallest absolute Gasteiger partial charge is 0.304 e. The van der Waals surface area contributed by atoms with Gasteiger partial charge in [0.2, 0.25) is 0 Å². The van der Waals surface area contributed by atoms with E-state index in [4.69, 9.17) is 0 Å². The van der Waals surface area contributed by atoms with Crippen molar-refractivity contribution in [2.75, 3.05) is 0 Å². The van der Waals surface area contributed by atoms with Crippen molar-refractivity contribution in [3.05, 3.63) is 69.5 Å². The zero-order valence-corrected chi connectivity index (χ0v) is 14.1. The van der Waals surface area contributed by atoms with Gasteiger partial charge < -0.3 is 4.98 Å². The second kappa shape index (κ2) is 8.17. The number of aromatic amines is 1. The van der Waals surface area contributed by atoms with Gasteiger partial charge in [0.25, 0.3) is 0 Å². The van der Waals surface area contributed by atoms with E-state index in [-0.39, 0.29) is 5.69 Å². The minimum atomic E-state index is -0.117. The Labute approximate surface area is 132 Å². The Bertz CT molecular complexity index is 720. The van der Waals surface area contributed by atoms with Gasteiger partial charge in [-0.25, -0.2) is 4.79 Å². The fourth-order valence-electron chi connectivity index (χ4n) is 2.02. The molecule has 1 heterocycles. The lowest BCUT2D eigenvalue weighted by Gasteiger charge is -2.07. The van der Waals surface area contributed by atoms with Crippen LogP contribution in [0.2, 0.25) is 0 Å². The van der Waals surface area contributed by atoms with Crippen molar-refractivity contribution >= 4 is 6.21 Å². The first-order valence-electron chi connectivity index (χ1n) is 7.52. The third-order valence-corrected chi connectivity index (χ3v) is 3.29. The molecule has 1 aromatic carbocycles. The molecule has 0 aliphatic heterocycles. The van der Waals surface area contributed by atoms with Crippen LogP contribution in [0.5, 0.6) is 0 Å². The van der Waals surface area contributed by atoms with Crippen molar-refractivity contribution in [2.24, 2.45) is 4.99 Å². The van der Waals surface area contributed by atoms with Crippen LogP contribution in [0.1, 0.15) is 43.3 Å². The number of hydrogen-bond donors (Lipinski definition) is 1. The van der Waals surface area contributed by atoms with Gasteiger partial charge in [-0.05, 0) is 31.9 Å². The molecule has 0 aliphatic carbocycles. The van der Waals surface area contributed by atoms with Gasteiger partial charge in [-0.3, -0.25) is 9.56 Å². The van der Waals surface area contributed by atoms with Crippen LogP contribution < -0.4 is 5.69 Å². The Morgan fingerprint density at radius 1 is 1.32 bits per heavy atom. The second-order valence-corrected chi connectivity index (χ2v) is 4.94. The maximum Gasteiger partial charge on any atom is 0.326 e. The molecule has 0 amide bonds. The van der Waals surface area contributed by atoms with Gasteiger partial charge in [0.05, 0.1) is 18.5 Å². The fourth-order valence-corrected chi connectivity index (χ4v) is 2.02. The number of H-pyrrole nitrogens is 1. The summed E-state index contributed by atoms with van der Waals surface area (Å²) in [6.45, 7) is 14.0. The molecule has 1 aromatic heterocycles. The summed E-state index contributed by atoms with van der Waals surface area (Å²) < 4.78 is 1.72.